The number of aryl methyl sites for hydroxylation is 1. The number of hydrogen-bond donors (Lipinski definition) is 0. The summed E-state index contributed by atoms with van der Waals surface area (Å²) < 4.78 is 6.30. The van der Waals surface area contributed by atoms with Crippen molar-refractivity contribution in [1.29, 1.82) is 0 Å². The summed E-state index contributed by atoms with van der Waals surface area (Å²) in [6, 6.07) is 27.4. The molecular formula is C23H20O. The van der Waals surface area contributed by atoms with Crippen LogP contribution in [0.4, 0.5) is 0 Å². The molecule has 3 aromatic carbocycles. The van der Waals surface area contributed by atoms with Crippen molar-refractivity contribution in [2.45, 2.75) is 19.8 Å². The third-order valence-electron chi connectivity index (χ3n) is 4.77. The molecule has 0 unspecified atom stereocenters. The van der Waals surface area contributed by atoms with Crippen molar-refractivity contribution in [2.24, 2.45) is 0 Å². The molecule has 3 aromatic rings. The van der Waals surface area contributed by atoms with Gasteiger partial charge in [-0.05, 0) is 36.6 Å². The molecule has 1 heteroatoms. The highest BCUT2D eigenvalue weighted by atomic mass is 16.5. The molecular weight excluding hydrogens is 292 g/mol. The summed E-state index contributed by atoms with van der Waals surface area (Å²) >= 11 is 0. The van der Waals surface area contributed by atoms with E-state index < -0.39 is 0 Å². The van der Waals surface area contributed by atoms with E-state index in [2.05, 4.69) is 80.6 Å². The van der Waals surface area contributed by atoms with E-state index in [1.165, 1.54) is 22.3 Å². The second kappa shape index (κ2) is 6.01. The molecule has 0 aliphatic carbocycles. The SMILES string of the molecule is CC1=C(c2ccccc2)Oc2ccccc2[C@H]1c1ccccc1C. The van der Waals surface area contributed by atoms with Crippen molar-refractivity contribution in [2.75, 3.05) is 0 Å². The van der Waals surface area contributed by atoms with Gasteiger partial charge in [0.2, 0.25) is 0 Å². The number of rotatable bonds is 2. The Balaban J connectivity index is 1.95. The zero-order valence-corrected chi connectivity index (χ0v) is 14.0. The van der Waals surface area contributed by atoms with Crippen LogP contribution in [0.25, 0.3) is 5.76 Å². The van der Waals surface area contributed by atoms with Crippen LogP contribution >= 0.6 is 0 Å². The van der Waals surface area contributed by atoms with Gasteiger partial charge in [0.05, 0.1) is 0 Å². The number of ether oxygens (including phenoxy) is 1. The predicted octanol–water partition coefficient (Wildman–Crippen LogP) is 5.95. The minimum absolute atomic E-state index is 0.228. The molecule has 4 rings (SSSR count). The number of hydrogen-bond acceptors (Lipinski definition) is 1. The molecule has 0 aromatic heterocycles. The van der Waals surface area contributed by atoms with E-state index in [-0.39, 0.29) is 5.92 Å². The highest BCUT2D eigenvalue weighted by molar-refractivity contribution is 5.72. The van der Waals surface area contributed by atoms with E-state index in [4.69, 9.17) is 4.74 Å². The molecule has 0 N–H and O–H groups in total. The molecule has 1 aliphatic heterocycles. The van der Waals surface area contributed by atoms with Gasteiger partial charge in [-0.3, -0.25) is 0 Å². The summed E-state index contributed by atoms with van der Waals surface area (Å²) in [5.74, 6) is 2.16. The maximum Gasteiger partial charge on any atom is 0.134 e. The number of para-hydroxylation sites is 1. The van der Waals surface area contributed by atoms with Gasteiger partial charge in [-0.15, -0.1) is 0 Å². The normalized spacial score (nSPS) is 16.5. The Kier molecular flexibility index (Phi) is 3.70. The van der Waals surface area contributed by atoms with E-state index in [1.807, 2.05) is 12.1 Å². The van der Waals surface area contributed by atoms with E-state index >= 15 is 0 Å². The molecule has 0 radical (unpaired) electrons. The number of fused-ring (bicyclic) bond motifs is 1. The molecule has 0 saturated heterocycles. The molecule has 0 amide bonds. The molecule has 118 valence electrons. The molecule has 0 bridgehead atoms. The van der Waals surface area contributed by atoms with Gasteiger partial charge < -0.3 is 4.74 Å². The summed E-state index contributed by atoms with van der Waals surface area (Å²) in [5.41, 5.74) is 6.28. The summed E-state index contributed by atoms with van der Waals surface area (Å²) in [4.78, 5) is 0. The quantitative estimate of drug-likeness (QED) is 0.568. The zero-order valence-electron chi connectivity index (χ0n) is 14.0. The third kappa shape index (κ3) is 2.43. The smallest absolute Gasteiger partial charge is 0.134 e. The van der Waals surface area contributed by atoms with Crippen molar-refractivity contribution < 1.29 is 4.74 Å². The van der Waals surface area contributed by atoms with E-state index in [0.29, 0.717) is 0 Å². The minimum atomic E-state index is 0.228. The van der Waals surface area contributed by atoms with Gasteiger partial charge in [-0.25, -0.2) is 0 Å². The second-order valence-corrected chi connectivity index (χ2v) is 6.31. The fraction of sp³-hybridized carbons (Fsp3) is 0.130. The summed E-state index contributed by atoms with van der Waals surface area (Å²) in [6.45, 7) is 4.37. The minimum Gasteiger partial charge on any atom is -0.456 e. The average Bonchev–Trinajstić information content (AvgIpc) is 2.63. The van der Waals surface area contributed by atoms with Crippen LogP contribution in [0, 0.1) is 6.92 Å². The van der Waals surface area contributed by atoms with Crippen LogP contribution in [0.5, 0.6) is 5.75 Å². The van der Waals surface area contributed by atoms with E-state index in [9.17, 15) is 0 Å². The largest absolute Gasteiger partial charge is 0.456 e. The van der Waals surface area contributed by atoms with Crippen LogP contribution in [-0.2, 0) is 0 Å². The average molecular weight is 312 g/mol. The Morgan fingerprint density at radius 3 is 2.04 bits per heavy atom. The molecule has 1 atom stereocenters. The van der Waals surface area contributed by atoms with Crippen molar-refractivity contribution in [3.63, 3.8) is 0 Å². The summed E-state index contributed by atoms with van der Waals surface area (Å²) in [6.07, 6.45) is 0. The molecule has 0 fully saturated rings. The molecule has 0 saturated carbocycles. The fourth-order valence-corrected chi connectivity index (χ4v) is 3.55. The topological polar surface area (TPSA) is 9.23 Å². The molecule has 1 aliphatic rings. The van der Waals surface area contributed by atoms with Gasteiger partial charge in [0.1, 0.15) is 11.5 Å². The molecule has 0 spiro atoms. The summed E-state index contributed by atoms with van der Waals surface area (Å²) in [5, 5.41) is 0. The van der Waals surface area contributed by atoms with Gasteiger partial charge in [-0.2, -0.15) is 0 Å². The lowest BCUT2D eigenvalue weighted by atomic mass is 9.80. The number of benzene rings is 3. The van der Waals surface area contributed by atoms with Crippen LogP contribution in [0.2, 0.25) is 0 Å². The molecule has 1 nitrogen and oxygen atoms in total. The van der Waals surface area contributed by atoms with Gasteiger partial charge in [0.25, 0.3) is 0 Å². The van der Waals surface area contributed by atoms with Gasteiger partial charge in [0, 0.05) is 17.0 Å². The molecule has 24 heavy (non-hydrogen) atoms. The van der Waals surface area contributed by atoms with Crippen molar-refractivity contribution in [1.82, 2.24) is 0 Å². The lowest BCUT2D eigenvalue weighted by molar-refractivity contribution is 0.484. The first-order chi connectivity index (χ1) is 11.8. The van der Waals surface area contributed by atoms with Crippen LogP contribution in [0.1, 0.15) is 35.1 Å². The maximum absolute atomic E-state index is 6.30. The van der Waals surface area contributed by atoms with Crippen molar-refractivity contribution in [3.8, 4) is 5.75 Å². The molecule has 1 heterocycles. The fourth-order valence-electron chi connectivity index (χ4n) is 3.55. The summed E-state index contributed by atoms with van der Waals surface area (Å²) in [7, 11) is 0. The van der Waals surface area contributed by atoms with Crippen LogP contribution < -0.4 is 4.74 Å². The lowest BCUT2D eigenvalue weighted by Crippen LogP contribution is -2.15. The highest BCUT2D eigenvalue weighted by Crippen LogP contribution is 2.45. The Labute approximate surface area is 143 Å². The highest BCUT2D eigenvalue weighted by Gasteiger charge is 2.29. The van der Waals surface area contributed by atoms with Crippen molar-refractivity contribution in [3.05, 3.63) is 107 Å². The van der Waals surface area contributed by atoms with Gasteiger partial charge >= 0.3 is 0 Å². The Bertz CT molecular complexity index is 906. The first-order valence-corrected chi connectivity index (χ1v) is 8.34. The first-order valence-electron chi connectivity index (χ1n) is 8.34. The van der Waals surface area contributed by atoms with Gasteiger partial charge in [0.15, 0.2) is 0 Å². The second-order valence-electron chi connectivity index (χ2n) is 6.31. The zero-order chi connectivity index (χ0) is 16.5. The Morgan fingerprint density at radius 2 is 1.29 bits per heavy atom. The third-order valence-corrected chi connectivity index (χ3v) is 4.77. The van der Waals surface area contributed by atoms with Crippen molar-refractivity contribution >= 4 is 5.76 Å². The van der Waals surface area contributed by atoms with Gasteiger partial charge in [-0.1, -0.05) is 72.8 Å². The lowest BCUT2D eigenvalue weighted by Gasteiger charge is -2.30. The first kappa shape index (κ1) is 14.8. The van der Waals surface area contributed by atoms with Crippen LogP contribution in [0.3, 0.4) is 0 Å². The van der Waals surface area contributed by atoms with E-state index in [1.54, 1.807) is 0 Å². The Morgan fingerprint density at radius 1 is 0.667 bits per heavy atom. The van der Waals surface area contributed by atoms with Crippen LogP contribution in [-0.4, -0.2) is 0 Å². The van der Waals surface area contributed by atoms with Crippen LogP contribution in [0.15, 0.2) is 84.4 Å². The Hall–Kier alpha value is -2.80. The standard InChI is InChI=1S/C23H20O/c1-16-10-6-7-13-19(16)22-17(2)23(18-11-4-3-5-12-18)24-21-15-9-8-14-20(21)22/h3-15,22H,1-2H3/t22-/m1/s1. The predicted molar refractivity (Wildman–Crippen MR) is 99.1 cm³/mol. The van der Waals surface area contributed by atoms with E-state index in [0.717, 1.165) is 17.1 Å². The maximum atomic E-state index is 6.30. The monoisotopic (exact) mass is 312 g/mol. The number of allylic oxidation sites excluding steroid dienone is 1.